The summed E-state index contributed by atoms with van der Waals surface area (Å²) in [6.07, 6.45) is 0. The Bertz CT molecular complexity index is 558. The Hall–Kier alpha value is -0.946. The van der Waals surface area contributed by atoms with Crippen LogP contribution >= 0.6 is 0 Å². The maximum absolute atomic E-state index is 6.90. The fourth-order valence-corrected chi connectivity index (χ4v) is 16.3. The highest BCUT2D eigenvalue weighted by Gasteiger charge is 2.48. The zero-order valence-corrected chi connectivity index (χ0v) is 23.1. The number of nitrogens with two attached hydrogens (primary N) is 1. The average molecular weight is 438 g/mol. The summed E-state index contributed by atoms with van der Waals surface area (Å²) in [6.45, 7) is 27.7. The third-order valence-corrected chi connectivity index (χ3v) is 18.9. The molecular formula is C24H47NO2Si2. The van der Waals surface area contributed by atoms with Crippen LogP contribution in [0.25, 0.3) is 0 Å². The van der Waals surface area contributed by atoms with Crippen LogP contribution in [0.1, 0.15) is 83.1 Å². The minimum absolute atomic E-state index is 0.517. The van der Waals surface area contributed by atoms with Crippen molar-refractivity contribution in [1.82, 2.24) is 0 Å². The molecule has 0 aliphatic rings. The predicted molar refractivity (Wildman–Crippen MR) is 134 cm³/mol. The molecule has 3 nitrogen and oxygen atoms in total. The van der Waals surface area contributed by atoms with E-state index in [1.54, 1.807) is 0 Å². The molecule has 0 aliphatic carbocycles. The molecule has 0 radical (unpaired) electrons. The average Bonchev–Trinajstić information content (AvgIpc) is 2.55. The van der Waals surface area contributed by atoms with Crippen molar-refractivity contribution in [3.63, 3.8) is 0 Å². The lowest BCUT2D eigenvalue weighted by Gasteiger charge is -2.43. The quantitative estimate of drug-likeness (QED) is 0.295. The predicted octanol–water partition coefficient (Wildman–Crippen LogP) is 8.38. The van der Waals surface area contributed by atoms with E-state index < -0.39 is 16.6 Å². The van der Waals surface area contributed by atoms with Crippen LogP contribution in [-0.2, 0) is 0 Å². The minimum Gasteiger partial charge on any atom is -0.543 e. The van der Waals surface area contributed by atoms with Gasteiger partial charge in [-0.15, -0.1) is 0 Å². The van der Waals surface area contributed by atoms with E-state index in [-0.39, 0.29) is 0 Å². The number of rotatable bonds is 10. The fourth-order valence-electron chi connectivity index (χ4n) is 5.83. The Morgan fingerprint density at radius 3 is 0.966 bits per heavy atom. The van der Waals surface area contributed by atoms with Crippen molar-refractivity contribution < 1.29 is 8.85 Å². The molecule has 0 saturated heterocycles. The van der Waals surface area contributed by atoms with Gasteiger partial charge in [0.05, 0.1) is 0 Å². The molecule has 29 heavy (non-hydrogen) atoms. The lowest BCUT2D eigenvalue weighted by molar-refractivity contribution is 0.462. The van der Waals surface area contributed by atoms with Gasteiger partial charge in [0.1, 0.15) is 11.5 Å². The van der Waals surface area contributed by atoms with Crippen molar-refractivity contribution in [2.45, 2.75) is 116 Å². The Morgan fingerprint density at radius 2 is 0.759 bits per heavy atom. The minimum atomic E-state index is -2.04. The molecule has 1 aromatic rings. The normalized spacial score (nSPS) is 13.4. The van der Waals surface area contributed by atoms with Crippen molar-refractivity contribution in [3.05, 3.63) is 18.2 Å². The number of hydrogen-bond donors (Lipinski definition) is 1. The van der Waals surface area contributed by atoms with E-state index >= 15 is 0 Å². The monoisotopic (exact) mass is 437 g/mol. The van der Waals surface area contributed by atoms with Gasteiger partial charge in [0.2, 0.25) is 0 Å². The van der Waals surface area contributed by atoms with E-state index in [0.29, 0.717) is 33.2 Å². The highest BCUT2D eigenvalue weighted by molar-refractivity contribution is 6.78. The van der Waals surface area contributed by atoms with Crippen molar-refractivity contribution in [2.24, 2.45) is 0 Å². The van der Waals surface area contributed by atoms with Crippen molar-refractivity contribution in [2.75, 3.05) is 5.73 Å². The molecule has 0 spiro atoms. The first-order chi connectivity index (χ1) is 13.2. The Balaban J connectivity index is 3.44. The van der Waals surface area contributed by atoms with Crippen LogP contribution < -0.4 is 14.6 Å². The molecule has 2 N–H and O–H groups in total. The number of hydrogen-bond acceptors (Lipinski definition) is 3. The second-order valence-electron chi connectivity index (χ2n) is 10.6. The Labute approximate surface area is 183 Å². The zero-order valence-electron chi connectivity index (χ0n) is 21.1. The van der Waals surface area contributed by atoms with Gasteiger partial charge in [0, 0.05) is 23.9 Å². The van der Waals surface area contributed by atoms with Crippen LogP contribution in [0, 0.1) is 0 Å². The van der Waals surface area contributed by atoms with Crippen LogP contribution in [0.2, 0.25) is 33.2 Å². The molecule has 0 saturated carbocycles. The lowest BCUT2D eigenvalue weighted by Crippen LogP contribution is -2.51. The van der Waals surface area contributed by atoms with Gasteiger partial charge in [0.15, 0.2) is 0 Å². The molecular weight excluding hydrogens is 390 g/mol. The SMILES string of the molecule is CC(C)[Si](Oc1cc(N)cc(O[Si](C(C)C)(C(C)C)C(C)C)c1)(C(C)C)C(C)C. The summed E-state index contributed by atoms with van der Waals surface area (Å²) >= 11 is 0. The van der Waals surface area contributed by atoms with E-state index in [2.05, 4.69) is 89.2 Å². The highest BCUT2D eigenvalue weighted by atomic mass is 28.4. The molecule has 0 unspecified atom stereocenters. The molecule has 0 atom stereocenters. The van der Waals surface area contributed by atoms with Gasteiger partial charge in [-0.05, 0) is 33.2 Å². The zero-order chi connectivity index (χ0) is 22.7. The van der Waals surface area contributed by atoms with E-state index in [4.69, 9.17) is 14.6 Å². The molecule has 5 heteroatoms. The van der Waals surface area contributed by atoms with Crippen LogP contribution in [0.5, 0.6) is 11.5 Å². The summed E-state index contributed by atoms with van der Waals surface area (Å²) < 4.78 is 13.8. The second kappa shape index (κ2) is 9.91. The van der Waals surface area contributed by atoms with Gasteiger partial charge in [0.25, 0.3) is 16.6 Å². The van der Waals surface area contributed by atoms with E-state index in [1.807, 2.05) is 12.1 Å². The standard InChI is InChI=1S/C24H47NO2Si2/c1-16(2)28(17(3)4,18(5)6)26-23-13-22(25)14-24(15-23)27-29(19(7)8,20(9)10)21(11)12/h13-21H,25H2,1-12H3. The van der Waals surface area contributed by atoms with Gasteiger partial charge in [-0.1, -0.05) is 83.1 Å². The lowest BCUT2D eigenvalue weighted by atomic mass is 10.3. The summed E-state index contributed by atoms with van der Waals surface area (Å²) in [7, 11) is -4.08. The largest absolute Gasteiger partial charge is 0.543 e. The second-order valence-corrected chi connectivity index (χ2v) is 21.3. The highest BCUT2D eigenvalue weighted by Crippen LogP contribution is 2.46. The molecule has 0 amide bonds. The van der Waals surface area contributed by atoms with E-state index in [1.165, 1.54) is 0 Å². The van der Waals surface area contributed by atoms with Gasteiger partial charge < -0.3 is 14.6 Å². The molecule has 1 rings (SSSR count). The smallest absolute Gasteiger partial charge is 0.258 e. The molecule has 0 fully saturated rings. The molecule has 0 bridgehead atoms. The van der Waals surface area contributed by atoms with E-state index in [9.17, 15) is 0 Å². The van der Waals surface area contributed by atoms with Gasteiger partial charge in [-0.2, -0.15) is 0 Å². The summed E-state index contributed by atoms with van der Waals surface area (Å²) in [6, 6.07) is 6.05. The topological polar surface area (TPSA) is 44.5 Å². The summed E-state index contributed by atoms with van der Waals surface area (Å²) in [5.74, 6) is 1.75. The Morgan fingerprint density at radius 1 is 0.517 bits per heavy atom. The number of benzene rings is 1. The van der Waals surface area contributed by atoms with Crippen molar-refractivity contribution >= 4 is 22.3 Å². The summed E-state index contributed by atoms with van der Waals surface area (Å²) in [5.41, 5.74) is 10.1. The van der Waals surface area contributed by atoms with Gasteiger partial charge >= 0.3 is 0 Å². The van der Waals surface area contributed by atoms with Crippen LogP contribution in [-0.4, -0.2) is 16.6 Å². The number of anilines is 1. The maximum atomic E-state index is 6.90. The van der Waals surface area contributed by atoms with Crippen molar-refractivity contribution in [3.8, 4) is 11.5 Å². The first kappa shape index (κ1) is 26.1. The number of nitrogen functional groups attached to an aromatic ring is 1. The molecule has 168 valence electrons. The third-order valence-electron chi connectivity index (χ3n) is 6.91. The van der Waals surface area contributed by atoms with Crippen LogP contribution in [0.15, 0.2) is 18.2 Å². The molecule has 0 aromatic heterocycles. The van der Waals surface area contributed by atoms with E-state index in [0.717, 1.165) is 17.2 Å². The first-order valence-corrected chi connectivity index (χ1v) is 15.8. The first-order valence-electron chi connectivity index (χ1n) is 11.5. The molecule has 0 heterocycles. The van der Waals surface area contributed by atoms with Crippen molar-refractivity contribution in [1.29, 1.82) is 0 Å². The fraction of sp³-hybridized carbons (Fsp3) is 0.750. The third kappa shape index (κ3) is 5.22. The molecule has 0 aliphatic heterocycles. The summed E-state index contributed by atoms with van der Waals surface area (Å²) in [5, 5.41) is 0. The van der Waals surface area contributed by atoms with Gasteiger partial charge in [-0.3, -0.25) is 0 Å². The van der Waals surface area contributed by atoms with Gasteiger partial charge in [-0.25, -0.2) is 0 Å². The maximum Gasteiger partial charge on any atom is 0.258 e. The van der Waals surface area contributed by atoms with Crippen LogP contribution in [0.3, 0.4) is 0 Å². The Kier molecular flexibility index (Phi) is 8.91. The summed E-state index contributed by atoms with van der Waals surface area (Å²) in [4.78, 5) is 0. The van der Waals surface area contributed by atoms with Crippen LogP contribution in [0.4, 0.5) is 5.69 Å². The molecule has 1 aromatic carbocycles.